The molecule has 1 amide bonds. The van der Waals surface area contributed by atoms with Gasteiger partial charge in [-0.1, -0.05) is 17.3 Å². The summed E-state index contributed by atoms with van der Waals surface area (Å²) in [6.07, 6.45) is 3.34. The van der Waals surface area contributed by atoms with Crippen molar-refractivity contribution in [3.8, 4) is 0 Å². The van der Waals surface area contributed by atoms with E-state index in [1.807, 2.05) is 6.92 Å². The van der Waals surface area contributed by atoms with Crippen molar-refractivity contribution in [2.24, 2.45) is 10.9 Å². The second kappa shape index (κ2) is 5.87. The third-order valence-electron chi connectivity index (χ3n) is 2.77. The van der Waals surface area contributed by atoms with Crippen LogP contribution in [-0.2, 0) is 6.54 Å². The van der Waals surface area contributed by atoms with E-state index in [4.69, 9.17) is 10.9 Å². The van der Waals surface area contributed by atoms with Crippen LogP contribution in [-0.4, -0.2) is 26.7 Å². The Kier molecular flexibility index (Phi) is 3.99. The first-order valence-electron chi connectivity index (χ1n) is 6.05. The fraction of sp³-hybridized carbons (Fsp3) is 0.154. The van der Waals surface area contributed by atoms with E-state index in [9.17, 15) is 4.79 Å². The predicted octanol–water partition coefficient (Wildman–Crippen LogP) is 1.25. The fourth-order valence-corrected chi connectivity index (χ4v) is 1.65. The van der Waals surface area contributed by atoms with Gasteiger partial charge in [-0.3, -0.25) is 9.48 Å². The lowest BCUT2D eigenvalue weighted by Crippen LogP contribution is -2.15. The van der Waals surface area contributed by atoms with Crippen molar-refractivity contribution >= 4 is 17.4 Å². The highest BCUT2D eigenvalue weighted by Gasteiger charge is 2.08. The van der Waals surface area contributed by atoms with Crippen molar-refractivity contribution in [3.63, 3.8) is 0 Å². The van der Waals surface area contributed by atoms with Gasteiger partial charge in [0.05, 0.1) is 11.9 Å². The highest BCUT2D eigenvalue weighted by Crippen LogP contribution is 2.09. The number of nitrogens with one attached hydrogen (secondary N) is 1. The highest BCUT2D eigenvalue weighted by molar-refractivity contribution is 6.05. The number of carbonyl (C=O) groups excluding carboxylic acids is 1. The molecule has 0 aliphatic rings. The van der Waals surface area contributed by atoms with Crippen LogP contribution in [0.4, 0.5) is 5.69 Å². The van der Waals surface area contributed by atoms with Gasteiger partial charge in [0.2, 0.25) is 0 Å². The average Bonchev–Trinajstić information content (AvgIpc) is 2.94. The van der Waals surface area contributed by atoms with Gasteiger partial charge in [-0.05, 0) is 19.1 Å². The van der Waals surface area contributed by atoms with Gasteiger partial charge in [0, 0.05) is 23.9 Å². The van der Waals surface area contributed by atoms with E-state index in [1.165, 1.54) is 0 Å². The number of benzene rings is 1. The molecule has 4 N–H and O–H groups in total. The molecule has 7 heteroatoms. The van der Waals surface area contributed by atoms with E-state index in [0.29, 0.717) is 16.8 Å². The summed E-state index contributed by atoms with van der Waals surface area (Å²) in [5, 5.41) is 18.3. The van der Waals surface area contributed by atoms with Gasteiger partial charge in [-0.25, -0.2) is 0 Å². The molecular weight excluding hydrogens is 258 g/mol. The Morgan fingerprint density at radius 2 is 2.05 bits per heavy atom. The molecule has 0 saturated carbocycles. The minimum Gasteiger partial charge on any atom is -0.409 e. The lowest BCUT2D eigenvalue weighted by atomic mass is 10.1. The Bertz CT molecular complexity index is 630. The molecule has 0 aliphatic carbocycles. The minimum atomic E-state index is -0.244. The molecule has 0 saturated heterocycles. The fourth-order valence-electron chi connectivity index (χ4n) is 1.65. The van der Waals surface area contributed by atoms with Crippen LogP contribution in [0.1, 0.15) is 22.8 Å². The summed E-state index contributed by atoms with van der Waals surface area (Å²) in [7, 11) is 0. The Hall–Kier alpha value is -2.83. The normalized spacial score (nSPS) is 11.3. The molecule has 0 atom stereocenters. The monoisotopic (exact) mass is 273 g/mol. The SMILES string of the molecule is CCn1cc(NC(=O)c2ccc(/C(N)=N/O)cc2)cn1. The van der Waals surface area contributed by atoms with Crippen LogP contribution in [0.5, 0.6) is 0 Å². The van der Waals surface area contributed by atoms with Gasteiger partial charge < -0.3 is 16.3 Å². The van der Waals surface area contributed by atoms with Crippen LogP contribution < -0.4 is 11.1 Å². The third kappa shape index (κ3) is 2.94. The molecule has 1 aromatic carbocycles. The number of nitrogens with two attached hydrogens (primary N) is 1. The number of carbonyl (C=O) groups is 1. The Morgan fingerprint density at radius 1 is 1.40 bits per heavy atom. The zero-order valence-corrected chi connectivity index (χ0v) is 10.9. The number of nitrogens with zero attached hydrogens (tertiary/aromatic N) is 3. The second-order valence-electron chi connectivity index (χ2n) is 4.10. The van der Waals surface area contributed by atoms with Crippen LogP contribution in [0.2, 0.25) is 0 Å². The number of amides is 1. The van der Waals surface area contributed by atoms with E-state index in [1.54, 1.807) is 41.3 Å². The van der Waals surface area contributed by atoms with Crippen LogP contribution in [0.15, 0.2) is 41.8 Å². The molecule has 0 spiro atoms. The zero-order chi connectivity index (χ0) is 14.5. The van der Waals surface area contributed by atoms with E-state index in [-0.39, 0.29) is 11.7 Å². The summed E-state index contributed by atoms with van der Waals surface area (Å²) < 4.78 is 1.72. The Balaban J connectivity index is 2.09. The van der Waals surface area contributed by atoms with E-state index in [2.05, 4.69) is 15.6 Å². The topological polar surface area (TPSA) is 106 Å². The van der Waals surface area contributed by atoms with Crippen molar-refractivity contribution in [3.05, 3.63) is 47.8 Å². The molecule has 1 heterocycles. The molecule has 7 nitrogen and oxygen atoms in total. The molecular formula is C13H15N5O2. The standard InChI is InChI=1S/C13H15N5O2/c1-2-18-8-11(7-15-18)16-13(19)10-5-3-9(4-6-10)12(14)17-20/h3-8,20H,2H2,1H3,(H2,14,17)(H,16,19). The quantitative estimate of drug-likeness (QED) is 0.337. The van der Waals surface area contributed by atoms with Crippen molar-refractivity contribution in [2.75, 3.05) is 5.32 Å². The Morgan fingerprint density at radius 3 is 2.60 bits per heavy atom. The summed E-state index contributed by atoms with van der Waals surface area (Å²) in [6, 6.07) is 6.43. The number of anilines is 1. The van der Waals surface area contributed by atoms with E-state index in [0.717, 1.165) is 6.54 Å². The van der Waals surface area contributed by atoms with Crippen LogP contribution in [0, 0.1) is 0 Å². The largest absolute Gasteiger partial charge is 0.409 e. The first-order chi connectivity index (χ1) is 9.63. The molecule has 1 aromatic heterocycles. The van der Waals surface area contributed by atoms with E-state index < -0.39 is 0 Å². The number of aryl methyl sites for hydroxylation is 1. The molecule has 20 heavy (non-hydrogen) atoms. The predicted molar refractivity (Wildman–Crippen MR) is 74.8 cm³/mol. The van der Waals surface area contributed by atoms with Gasteiger partial charge in [0.15, 0.2) is 5.84 Å². The first kappa shape index (κ1) is 13.6. The molecule has 0 fully saturated rings. The number of amidine groups is 1. The molecule has 104 valence electrons. The smallest absolute Gasteiger partial charge is 0.255 e. The molecule has 2 rings (SSSR count). The van der Waals surface area contributed by atoms with Gasteiger partial charge in [0.1, 0.15) is 0 Å². The maximum absolute atomic E-state index is 12.0. The molecule has 2 aromatic rings. The van der Waals surface area contributed by atoms with Crippen molar-refractivity contribution < 1.29 is 10.0 Å². The number of hydrogen-bond acceptors (Lipinski definition) is 4. The van der Waals surface area contributed by atoms with E-state index >= 15 is 0 Å². The molecule has 0 unspecified atom stereocenters. The summed E-state index contributed by atoms with van der Waals surface area (Å²) in [5.74, 6) is -0.243. The van der Waals surface area contributed by atoms with Crippen molar-refractivity contribution in [1.82, 2.24) is 9.78 Å². The summed E-state index contributed by atoms with van der Waals surface area (Å²) >= 11 is 0. The van der Waals surface area contributed by atoms with Crippen molar-refractivity contribution in [1.29, 1.82) is 0 Å². The highest BCUT2D eigenvalue weighted by atomic mass is 16.4. The van der Waals surface area contributed by atoms with Crippen molar-refractivity contribution in [2.45, 2.75) is 13.5 Å². The first-order valence-corrected chi connectivity index (χ1v) is 6.05. The van der Waals surface area contributed by atoms with Gasteiger partial charge >= 0.3 is 0 Å². The number of rotatable bonds is 4. The van der Waals surface area contributed by atoms with Crippen LogP contribution in [0.3, 0.4) is 0 Å². The summed E-state index contributed by atoms with van der Waals surface area (Å²) in [4.78, 5) is 12.0. The number of oxime groups is 1. The molecule has 0 aliphatic heterocycles. The average molecular weight is 273 g/mol. The third-order valence-corrected chi connectivity index (χ3v) is 2.77. The zero-order valence-electron chi connectivity index (χ0n) is 10.9. The Labute approximate surface area is 115 Å². The lowest BCUT2D eigenvalue weighted by molar-refractivity contribution is 0.102. The maximum atomic E-state index is 12.0. The van der Waals surface area contributed by atoms with Gasteiger partial charge in [-0.2, -0.15) is 5.10 Å². The summed E-state index contributed by atoms with van der Waals surface area (Å²) in [5.41, 5.74) is 7.11. The van der Waals surface area contributed by atoms with Gasteiger partial charge in [0.25, 0.3) is 5.91 Å². The minimum absolute atomic E-state index is 0.00109. The molecule has 0 radical (unpaired) electrons. The van der Waals surface area contributed by atoms with Crippen LogP contribution >= 0.6 is 0 Å². The lowest BCUT2D eigenvalue weighted by Gasteiger charge is -2.03. The number of aromatic nitrogens is 2. The maximum Gasteiger partial charge on any atom is 0.255 e. The summed E-state index contributed by atoms with van der Waals surface area (Å²) in [6.45, 7) is 2.70. The van der Waals surface area contributed by atoms with Crippen LogP contribution in [0.25, 0.3) is 0 Å². The number of hydrogen-bond donors (Lipinski definition) is 3. The molecule has 0 bridgehead atoms. The van der Waals surface area contributed by atoms with Gasteiger partial charge in [-0.15, -0.1) is 0 Å². The second-order valence-corrected chi connectivity index (χ2v) is 4.10.